The van der Waals surface area contributed by atoms with E-state index in [2.05, 4.69) is 10.3 Å². The SMILES string of the molecule is Cc1ccc(-c2nc(C(=O)NCc3ccc(Cn4ccccc4=O)cc3)cs2)cc1. The van der Waals surface area contributed by atoms with Crippen LogP contribution in [0.2, 0.25) is 0 Å². The van der Waals surface area contributed by atoms with Gasteiger partial charge in [0.05, 0.1) is 6.54 Å². The first-order valence-electron chi connectivity index (χ1n) is 9.62. The maximum Gasteiger partial charge on any atom is 0.271 e. The summed E-state index contributed by atoms with van der Waals surface area (Å²) in [7, 11) is 0. The van der Waals surface area contributed by atoms with E-state index in [-0.39, 0.29) is 11.5 Å². The van der Waals surface area contributed by atoms with Gasteiger partial charge in [-0.25, -0.2) is 4.98 Å². The number of rotatable bonds is 6. The molecule has 0 saturated heterocycles. The Bertz CT molecular complexity index is 1210. The van der Waals surface area contributed by atoms with Gasteiger partial charge in [-0.15, -0.1) is 11.3 Å². The molecule has 0 aliphatic heterocycles. The van der Waals surface area contributed by atoms with Crippen molar-refractivity contribution < 1.29 is 4.79 Å². The van der Waals surface area contributed by atoms with Crippen molar-refractivity contribution in [1.29, 1.82) is 0 Å². The van der Waals surface area contributed by atoms with Crippen molar-refractivity contribution in [3.8, 4) is 10.6 Å². The summed E-state index contributed by atoms with van der Waals surface area (Å²) < 4.78 is 1.66. The highest BCUT2D eigenvalue weighted by Gasteiger charge is 2.11. The number of hydrogen-bond acceptors (Lipinski definition) is 4. The van der Waals surface area contributed by atoms with Crippen LogP contribution in [0.15, 0.2) is 83.1 Å². The molecule has 150 valence electrons. The van der Waals surface area contributed by atoms with Crippen LogP contribution in [-0.4, -0.2) is 15.5 Å². The van der Waals surface area contributed by atoms with E-state index in [4.69, 9.17) is 0 Å². The van der Waals surface area contributed by atoms with Crippen LogP contribution >= 0.6 is 11.3 Å². The highest BCUT2D eigenvalue weighted by atomic mass is 32.1. The molecule has 0 bridgehead atoms. The number of aromatic nitrogens is 2. The zero-order valence-electron chi connectivity index (χ0n) is 16.5. The second-order valence-corrected chi connectivity index (χ2v) is 7.93. The molecule has 0 aliphatic carbocycles. The van der Waals surface area contributed by atoms with Gasteiger partial charge in [-0.3, -0.25) is 9.59 Å². The second-order valence-electron chi connectivity index (χ2n) is 7.07. The summed E-state index contributed by atoms with van der Waals surface area (Å²) in [5.41, 5.74) is 4.62. The molecule has 5 nitrogen and oxygen atoms in total. The van der Waals surface area contributed by atoms with E-state index in [1.165, 1.54) is 16.9 Å². The van der Waals surface area contributed by atoms with Crippen LogP contribution in [0.4, 0.5) is 0 Å². The fourth-order valence-corrected chi connectivity index (χ4v) is 3.84. The molecule has 6 heteroatoms. The van der Waals surface area contributed by atoms with E-state index < -0.39 is 0 Å². The van der Waals surface area contributed by atoms with Gasteiger partial charge >= 0.3 is 0 Å². The molecule has 4 aromatic rings. The van der Waals surface area contributed by atoms with Crippen molar-refractivity contribution in [2.75, 3.05) is 0 Å². The molecule has 0 aliphatic rings. The summed E-state index contributed by atoms with van der Waals surface area (Å²) >= 11 is 1.46. The van der Waals surface area contributed by atoms with Crippen molar-refractivity contribution >= 4 is 17.2 Å². The lowest BCUT2D eigenvalue weighted by Gasteiger charge is -2.07. The first-order valence-corrected chi connectivity index (χ1v) is 10.5. The Morgan fingerprint density at radius 3 is 2.47 bits per heavy atom. The summed E-state index contributed by atoms with van der Waals surface area (Å²) in [6.07, 6.45) is 1.77. The van der Waals surface area contributed by atoms with Crippen LogP contribution in [0.5, 0.6) is 0 Å². The average Bonchev–Trinajstić information content (AvgIpc) is 3.25. The molecule has 1 amide bonds. The van der Waals surface area contributed by atoms with Crippen molar-refractivity contribution in [3.05, 3.63) is 111 Å². The molecule has 0 unspecified atom stereocenters. The Balaban J connectivity index is 1.35. The average molecular weight is 416 g/mol. The van der Waals surface area contributed by atoms with Gasteiger partial charge in [0, 0.05) is 29.8 Å². The van der Waals surface area contributed by atoms with E-state index in [0.717, 1.165) is 21.7 Å². The van der Waals surface area contributed by atoms with E-state index in [1.807, 2.05) is 61.5 Å². The smallest absolute Gasteiger partial charge is 0.271 e. The Hall–Kier alpha value is -3.51. The lowest BCUT2D eigenvalue weighted by atomic mass is 10.1. The molecular weight excluding hydrogens is 394 g/mol. The monoisotopic (exact) mass is 415 g/mol. The van der Waals surface area contributed by atoms with E-state index in [0.29, 0.717) is 18.8 Å². The molecule has 30 heavy (non-hydrogen) atoms. The summed E-state index contributed by atoms with van der Waals surface area (Å²) in [6, 6.07) is 21.1. The number of nitrogens with zero attached hydrogens (tertiary/aromatic N) is 2. The fraction of sp³-hybridized carbons (Fsp3) is 0.125. The standard InChI is InChI=1S/C24H21N3O2S/c1-17-5-11-20(12-6-17)24-26-21(16-30-24)23(29)25-14-18-7-9-19(10-8-18)15-27-13-3-2-4-22(27)28/h2-13,16H,14-15H2,1H3,(H,25,29). The lowest BCUT2D eigenvalue weighted by Crippen LogP contribution is -2.23. The third-order valence-electron chi connectivity index (χ3n) is 4.76. The number of hydrogen-bond donors (Lipinski definition) is 1. The van der Waals surface area contributed by atoms with Gasteiger partial charge in [0.1, 0.15) is 10.7 Å². The minimum atomic E-state index is -0.190. The highest BCUT2D eigenvalue weighted by Crippen LogP contribution is 2.24. The second kappa shape index (κ2) is 8.88. The van der Waals surface area contributed by atoms with Crippen LogP contribution < -0.4 is 10.9 Å². The van der Waals surface area contributed by atoms with Crippen LogP contribution in [0.1, 0.15) is 27.2 Å². The fourth-order valence-electron chi connectivity index (χ4n) is 3.03. The summed E-state index contributed by atoms with van der Waals surface area (Å²) in [5.74, 6) is -0.190. The summed E-state index contributed by atoms with van der Waals surface area (Å²) in [4.78, 5) is 28.7. The molecule has 0 atom stereocenters. The number of benzene rings is 2. The Morgan fingerprint density at radius 1 is 1.00 bits per heavy atom. The predicted molar refractivity (Wildman–Crippen MR) is 120 cm³/mol. The predicted octanol–water partition coefficient (Wildman–Crippen LogP) is 4.26. The zero-order valence-corrected chi connectivity index (χ0v) is 17.4. The van der Waals surface area contributed by atoms with Crippen LogP contribution in [0.25, 0.3) is 10.6 Å². The Kier molecular flexibility index (Phi) is 5.86. The number of nitrogens with one attached hydrogen (secondary N) is 1. The number of carbonyl (C=O) groups is 1. The number of amides is 1. The van der Waals surface area contributed by atoms with Gasteiger partial charge in [-0.1, -0.05) is 60.2 Å². The minimum absolute atomic E-state index is 0.0258. The molecule has 0 fully saturated rings. The normalized spacial score (nSPS) is 10.7. The first-order chi connectivity index (χ1) is 14.6. The molecule has 2 aromatic heterocycles. The molecule has 1 N–H and O–H groups in total. The van der Waals surface area contributed by atoms with Crippen LogP contribution in [-0.2, 0) is 13.1 Å². The van der Waals surface area contributed by atoms with Gasteiger partial charge in [-0.05, 0) is 24.1 Å². The molecule has 4 rings (SSSR count). The van der Waals surface area contributed by atoms with E-state index >= 15 is 0 Å². The minimum Gasteiger partial charge on any atom is -0.347 e. The highest BCUT2D eigenvalue weighted by molar-refractivity contribution is 7.13. The largest absolute Gasteiger partial charge is 0.347 e. The quantitative estimate of drug-likeness (QED) is 0.512. The maximum atomic E-state index is 12.5. The number of thiazole rings is 1. The van der Waals surface area contributed by atoms with Crippen LogP contribution in [0.3, 0.4) is 0 Å². The number of aryl methyl sites for hydroxylation is 1. The van der Waals surface area contributed by atoms with Gasteiger partial charge in [0.25, 0.3) is 11.5 Å². The topological polar surface area (TPSA) is 64.0 Å². The Labute approximate surface area is 178 Å². The molecule has 0 radical (unpaired) electrons. The number of carbonyl (C=O) groups excluding carboxylic acids is 1. The first kappa shape index (κ1) is 19.8. The van der Waals surface area contributed by atoms with Gasteiger partial charge in [0.15, 0.2) is 0 Å². The molecule has 2 aromatic carbocycles. The van der Waals surface area contributed by atoms with E-state index in [1.54, 1.807) is 28.3 Å². The summed E-state index contributed by atoms with van der Waals surface area (Å²) in [5, 5.41) is 5.53. The van der Waals surface area contributed by atoms with Crippen molar-refractivity contribution in [2.24, 2.45) is 0 Å². The molecule has 0 saturated carbocycles. The third-order valence-corrected chi connectivity index (χ3v) is 5.65. The molecule has 0 spiro atoms. The van der Waals surface area contributed by atoms with E-state index in [9.17, 15) is 9.59 Å². The van der Waals surface area contributed by atoms with Crippen LogP contribution in [0, 0.1) is 6.92 Å². The molecular formula is C24H21N3O2S. The van der Waals surface area contributed by atoms with Crippen molar-refractivity contribution in [2.45, 2.75) is 20.0 Å². The third kappa shape index (κ3) is 4.72. The molecule has 2 heterocycles. The maximum absolute atomic E-state index is 12.5. The van der Waals surface area contributed by atoms with Gasteiger partial charge < -0.3 is 9.88 Å². The van der Waals surface area contributed by atoms with Gasteiger partial charge in [0.2, 0.25) is 0 Å². The number of pyridine rings is 1. The zero-order chi connectivity index (χ0) is 20.9. The van der Waals surface area contributed by atoms with Gasteiger partial charge in [-0.2, -0.15) is 0 Å². The van der Waals surface area contributed by atoms with Crippen molar-refractivity contribution in [1.82, 2.24) is 14.9 Å². The Morgan fingerprint density at radius 2 is 1.73 bits per heavy atom. The lowest BCUT2D eigenvalue weighted by molar-refractivity contribution is 0.0946. The summed E-state index contributed by atoms with van der Waals surface area (Å²) in [6.45, 7) is 2.98. The van der Waals surface area contributed by atoms with Crippen molar-refractivity contribution in [3.63, 3.8) is 0 Å².